The standard InChI is InChI=1S/C14H18N2O3S/c1-11-9-12-10-15(7-8-16(12)14(11)17)20(18,19)13-5-3-2-4-6-13/h2-6,11-12H,7-10H2,1H3/t11-,12+/m0/s1. The molecule has 0 N–H and O–H groups in total. The molecule has 2 atom stereocenters. The van der Waals surface area contributed by atoms with Gasteiger partial charge in [0.1, 0.15) is 0 Å². The van der Waals surface area contributed by atoms with Gasteiger partial charge in [-0.3, -0.25) is 4.79 Å². The summed E-state index contributed by atoms with van der Waals surface area (Å²) in [5.41, 5.74) is 0. The lowest BCUT2D eigenvalue weighted by Crippen LogP contribution is -2.53. The van der Waals surface area contributed by atoms with E-state index in [4.69, 9.17) is 0 Å². The lowest BCUT2D eigenvalue weighted by atomic mass is 10.1. The lowest BCUT2D eigenvalue weighted by Gasteiger charge is -2.36. The SMILES string of the molecule is C[C@H]1C[C@@H]2CN(S(=O)(=O)c3ccccc3)CCN2C1=O. The highest BCUT2D eigenvalue weighted by atomic mass is 32.2. The van der Waals surface area contributed by atoms with Crippen LogP contribution >= 0.6 is 0 Å². The number of hydrogen-bond acceptors (Lipinski definition) is 3. The van der Waals surface area contributed by atoms with Crippen molar-refractivity contribution in [2.45, 2.75) is 24.3 Å². The van der Waals surface area contributed by atoms with E-state index in [2.05, 4.69) is 0 Å². The summed E-state index contributed by atoms with van der Waals surface area (Å²) >= 11 is 0. The second kappa shape index (κ2) is 4.86. The average Bonchev–Trinajstić information content (AvgIpc) is 2.74. The fourth-order valence-electron chi connectivity index (χ4n) is 3.07. The van der Waals surface area contributed by atoms with Gasteiger partial charge in [0.15, 0.2) is 0 Å². The Bertz CT molecular complexity index is 615. The first-order chi connectivity index (χ1) is 9.50. The van der Waals surface area contributed by atoms with Crippen molar-refractivity contribution >= 4 is 15.9 Å². The van der Waals surface area contributed by atoms with Crippen LogP contribution in [0.5, 0.6) is 0 Å². The van der Waals surface area contributed by atoms with Gasteiger partial charge >= 0.3 is 0 Å². The Labute approximate surface area is 119 Å². The summed E-state index contributed by atoms with van der Waals surface area (Å²) < 4.78 is 26.6. The number of carbonyl (C=O) groups excluding carboxylic acids is 1. The van der Waals surface area contributed by atoms with Gasteiger partial charge < -0.3 is 4.90 Å². The van der Waals surface area contributed by atoms with E-state index in [-0.39, 0.29) is 17.9 Å². The molecule has 0 spiro atoms. The minimum absolute atomic E-state index is 0.0133. The number of sulfonamides is 1. The van der Waals surface area contributed by atoms with Crippen LogP contribution in [-0.2, 0) is 14.8 Å². The molecule has 0 bridgehead atoms. The van der Waals surface area contributed by atoms with Gasteiger partial charge in [0.05, 0.1) is 4.90 Å². The van der Waals surface area contributed by atoms with Crippen LogP contribution in [0.1, 0.15) is 13.3 Å². The van der Waals surface area contributed by atoms with E-state index in [9.17, 15) is 13.2 Å². The lowest BCUT2D eigenvalue weighted by molar-refractivity contribution is -0.132. The molecule has 0 saturated carbocycles. The van der Waals surface area contributed by atoms with Gasteiger partial charge in [0.2, 0.25) is 15.9 Å². The normalized spacial score (nSPS) is 27.6. The van der Waals surface area contributed by atoms with Crippen molar-refractivity contribution in [2.24, 2.45) is 5.92 Å². The highest BCUT2D eigenvalue weighted by Gasteiger charge is 2.42. The first-order valence-corrected chi connectivity index (χ1v) is 8.30. The molecular weight excluding hydrogens is 276 g/mol. The van der Waals surface area contributed by atoms with Gasteiger partial charge in [-0.15, -0.1) is 0 Å². The summed E-state index contributed by atoms with van der Waals surface area (Å²) in [6, 6.07) is 8.52. The molecule has 2 aliphatic heterocycles. The quantitative estimate of drug-likeness (QED) is 0.815. The number of hydrogen-bond donors (Lipinski definition) is 0. The molecule has 0 aromatic heterocycles. The summed E-state index contributed by atoms with van der Waals surface area (Å²) in [4.78, 5) is 14.1. The Morgan fingerprint density at radius 3 is 2.55 bits per heavy atom. The molecule has 2 heterocycles. The first-order valence-electron chi connectivity index (χ1n) is 6.86. The van der Waals surface area contributed by atoms with Crippen LogP contribution in [0.4, 0.5) is 0 Å². The topological polar surface area (TPSA) is 57.7 Å². The Morgan fingerprint density at radius 2 is 1.85 bits per heavy atom. The number of carbonyl (C=O) groups is 1. The number of amides is 1. The molecule has 2 aliphatic rings. The van der Waals surface area contributed by atoms with E-state index in [1.54, 1.807) is 30.3 Å². The molecule has 2 fully saturated rings. The molecule has 0 aliphatic carbocycles. The van der Waals surface area contributed by atoms with Crippen molar-refractivity contribution in [1.29, 1.82) is 0 Å². The van der Waals surface area contributed by atoms with E-state index < -0.39 is 10.0 Å². The van der Waals surface area contributed by atoms with Crippen LogP contribution in [-0.4, -0.2) is 49.2 Å². The monoisotopic (exact) mass is 294 g/mol. The molecule has 6 heteroatoms. The summed E-state index contributed by atoms with van der Waals surface area (Å²) in [7, 11) is -3.44. The van der Waals surface area contributed by atoms with Crippen LogP contribution < -0.4 is 0 Å². The Hall–Kier alpha value is -1.40. The Kier molecular flexibility index (Phi) is 3.30. The van der Waals surface area contributed by atoms with E-state index in [1.165, 1.54) is 4.31 Å². The molecule has 20 heavy (non-hydrogen) atoms. The maximum atomic E-state index is 12.6. The van der Waals surface area contributed by atoms with E-state index in [0.29, 0.717) is 24.5 Å². The second-order valence-electron chi connectivity index (χ2n) is 5.50. The number of piperazine rings is 1. The number of nitrogens with zero attached hydrogens (tertiary/aromatic N) is 2. The fraction of sp³-hybridized carbons (Fsp3) is 0.500. The van der Waals surface area contributed by atoms with Crippen LogP contribution in [0.15, 0.2) is 35.2 Å². The van der Waals surface area contributed by atoms with Gasteiger partial charge in [-0.25, -0.2) is 8.42 Å². The van der Waals surface area contributed by atoms with Crippen LogP contribution in [0.2, 0.25) is 0 Å². The fourth-order valence-corrected chi connectivity index (χ4v) is 4.56. The molecule has 0 unspecified atom stereocenters. The number of benzene rings is 1. The van der Waals surface area contributed by atoms with Crippen LogP contribution in [0, 0.1) is 5.92 Å². The van der Waals surface area contributed by atoms with Crippen molar-refractivity contribution in [3.8, 4) is 0 Å². The highest BCUT2D eigenvalue weighted by molar-refractivity contribution is 7.89. The first kappa shape index (κ1) is 13.6. The largest absolute Gasteiger partial charge is 0.337 e. The zero-order chi connectivity index (χ0) is 14.3. The zero-order valence-electron chi connectivity index (χ0n) is 11.4. The molecule has 2 saturated heterocycles. The van der Waals surface area contributed by atoms with Gasteiger partial charge in [-0.2, -0.15) is 4.31 Å². The van der Waals surface area contributed by atoms with Crippen molar-refractivity contribution in [2.75, 3.05) is 19.6 Å². The van der Waals surface area contributed by atoms with E-state index >= 15 is 0 Å². The molecule has 1 amide bonds. The summed E-state index contributed by atoms with van der Waals surface area (Å²) in [6.45, 7) is 3.20. The van der Waals surface area contributed by atoms with Gasteiger partial charge in [0, 0.05) is 31.6 Å². The summed E-state index contributed by atoms with van der Waals surface area (Å²) in [6.07, 6.45) is 0.750. The highest BCUT2D eigenvalue weighted by Crippen LogP contribution is 2.29. The average molecular weight is 294 g/mol. The predicted molar refractivity (Wildman–Crippen MR) is 74.5 cm³/mol. The van der Waals surface area contributed by atoms with Crippen molar-refractivity contribution in [3.05, 3.63) is 30.3 Å². The van der Waals surface area contributed by atoms with E-state index in [1.807, 2.05) is 11.8 Å². The minimum Gasteiger partial charge on any atom is -0.337 e. The second-order valence-corrected chi connectivity index (χ2v) is 7.44. The van der Waals surface area contributed by atoms with Crippen LogP contribution in [0.25, 0.3) is 0 Å². The molecular formula is C14H18N2O3S. The van der Waals surface area contributed by atoms with Crippen molar-refractivity contribution < 1.29 is 13.2 Å². The van der Waals surface area contributed by atoms with Gasteiger partial charge in [-0.05, 0) is 18.6 Å². The molecule has 3 rings (SSSR count). The Morgan fingerprint density at radius 1 is 1.15 bits per heavy atom. The van der Waals surface area contributed by atoms with Crippen LogP contribution in [0.3, 0.4) is 0 Å². The van der Waals surface area contributed by atoms with E-state index in [0.717, 1.165) is 6.42 Å². The summed E-state index contributed by atoms with van der Waals surface area (Å²) in [5, 5.41) is 0. The van der Waals surface area contributed by atoms with Gasteiger partial charge in [0.25, 0.3) is 0 Å². The third-order valence-electron chi connectivity index (χ3n) is 4.16. The Balaban J connectivity index is 1.82. The third-order valence-corrected chi connectivity index (χ3v) is 6.04. The minimum atomic E-state index is -3.44. The van der Waals surface area contributed by atoms with Crippen molar-refractivity contribution in [3.63, 3.8) is 0 Å². The predicted octanol–water partition coefficient (Wildman–Crippen LogP) is 0.928. The third kappa shape index (κ3) is 2.13. The smallest absolute Gasteiger partial charge is 0.243 e. The molecule has 1 aromatic rings. The van der Waals surface area contributed by atoms with Gasteiger partial charge in [-0.1, -0.05) is 25.1 Å². The summed E-state index contributed by atoms with van der Waals surface area (Å²) in [5.74, 6) is 0.172. The maximum absolute atomic E-state index is 12.6. The van der Waals surface area contributed by atoms with Crippen molar-refractivity contribution in [1.82, 2.24) is 9.21 Å². The molecule has 1 aromatic carbocycles. The maximum Gasteiger partial charge on any atom is 0.243 e. The molecule has 108 valence electrons. The molecule has 5 nitrogen and oxygen atoms in total. The number of fused-ring (bicyclic) bond motifs is 1. The number of rotatable bonds is 2. The zero-order valence-corrected chi connectivity index (χ0v) is 12.2. The molecule has 0 radical (unpaired) electrons.